The lowest BCUT2D eigenvalue weighted by molar-refractivity contribution is 0.198. The third kappa shape index (κ3) is 5.74. The smallest absolute Gasteiger partial charge is 0.203 e. The maximum absolute atomic E-state index is 5.46. The van der Waals surface area contributed by atoms with E-state index in [2.05, 4.69) is 15.5 Å². The molecule has 0 unspecified atom stereocenters. The fraction of sp³-hybridized carbons (Fsp3) is 0.409. The first-order valence-electron chi connectivity index (χ1n) is 9.76. The minimum atomic E-state index is 0.384. The summed E-state index contributed by atoms with van der Waals surface area (Å²) in [6.45, 7) is 2.85. The minimum Gasteiger partial charge on any atom is -0.493 e. The zero-order valence-corrected chi connectivity index (χ0v) is 18.1. The summed E-state index contributed by atoms with van der Waals surface area (Å²) in [5.74, 6) is 2.01. The van der Waals surface area contributed by atoms with Gasteiger partial charge < -0.3 is 24.8 Å². The average Bonchev–Trinajstić information content (AvgIpc) is 2.75. The van der Waals surface area contributed by atoms with Gasteiger partial charge in [0.15, 0.2) is 16.6 Å². The van der Waals surface area contributed by atoms with Gasteiger partial charge in [0.2, 0.25) is 5.75 Å². The predicted octanol–water partition coefficient (Wildman–Crippen LogP) is 3.66. The number of likely N-dealkylation sites (tertiary alicyclic amines) is 1. The monoisotopic (exact) mass is 415 g/mol. The number of piperidine rings is 1. The number of benzene rings is 2. The van der Waals surface area contributed by atoms with Crippen LogP contribution in [-0.2, 0) is 6.54 Å². The molecule has 29 heavy (non-hydrogen) atoms. The van der Waals surface area contributed by atoms with Crippen LogP contribution in [0, 0.1) is 0 Å². The zero-order valence-electron chi connectivity index (χ0n) is 17.2. The van der Waals surface area contributed by atoms with E-state index in [0.29, 0.717) is 28.4 Å². The Morgan fingerprint density at radius 3 is 2.17 bits per heavy atom. The minimum absolute atomic E-state index is 0.384. The molecule has 156 valence electrons. The van der Waals surface area contributed by atoms with Gasteiger partial charge in [0.1, 0.15) is 0 Å². The highest BCUT2D eigenvalue weighted by molar-refractivity contribution is 7.80. The molecule has 1 fully saturated rings. The van der Waals surface area contributed by atoms with E-state index in [9.17, 15) is 0 Å². The Morgan fingerprint density at radius 2 is 1.62 bits per heavy atom. The van der Waals surface area contributed by atoms with E-state index in [-0.39, 0.29) is 0 Å². The van der Waals surface area contributed by atoms with Gasteiger partial charge in [-0.15, -0.1) is 0 Å². The number of thiocarbonyl (C=S) groups is 1. The third-order valence-electron chi connectivity index (χ3n) is 5.09. The van der Waals surface area contributed by atoms with E-state index < -0.39 is 0 Å². The van der Waals surface area contributed by atoms with Gasteiger partial charge >= 0.3 is 0 Å². The van der Waals surface area contributed by atoms with Gasteiger partial charge in [-0.05, 0) is 54.9 Å². The van der Waals surface area contributed by atoms with E-state index in [1.807, 2.05) is 42.5 Å². The lowest BCUT2D eigenvalue weighted by Gasteiger charge is -2.33. The second-order valence-corrected chi connectivity index (χ2v) is 7.46. The van der Waals surface area contributed by atoms with Crippen LogP contribution in [0.2, 0.25) is 0 Å². The first-order chi connectivity index (χ1) is 14.1. The Kier molecular flexibility index (Phi) is 7.55. The van der Waals surface area contributed by atoms with Crippen molar-refractivity contribution in [2.45, 2.75) is 25.4 Å². The van der Waals surface area contributed by atoms with Gasteiger partial charge in [0, 0.05) is 31.4 Å². The number of hydrogen-bond acceptors (Lipinski definition) is 5. The molecule has 0 aromatic heterocycles. The summed E-state index contributed by atoms with van der Waals surface area (Å²) in [5.41, 5.74) is 2.15. The van der Waals surface area contributed by atoms with Crippen LogP contribution in [-0.4, -0.2) is 50.5 Å². The van der Waals surface area contributed by atoms with E-state index in [0.717, 1.165) is 43.7 Å². The zero-order chi connectivity index (χ0) is 20.6. The highest BCUT2D eigenvalue weighted by Crippen LogP contribution is 2.38. The second kappa shape index (κ2) is 10.3. The Balaban J connectivity index is 1.51. The molecule has 1 heterocycles. The summed E-state index contributed by atoms with van der Waals surface area (Å²) in [7, 11) is 4.91. The van der Waals surface area contributed by atoms with Crippen molar-refractivity contribution in [1.82, 2.24) is 10.2 Å². The van der Waals surface area contributed by atoms with Crippen molar-refractivity contribution in [2.24, 2.45) is 0 Å². The van der Waals surface area contributed by atoms with Crippen LogP contribution in [0.25, 0.3) is 0 Å². The van der Waals surface area contributed by atoms with Crippen molar-refractivity contribution >= 4 is 23.0 Å². The molecule has 0 radical (unpaired) electrons. The summed E-state index contributed by atoms with van der Waals surface area (Å²) >= 11 is 5.45. The van der Waals surface area contributed by atoms with Crippen LogP contribution < -0.4 is 24.8 Å². The van der Waals surface area contributed by atoms with Crippen LogP contribution >= 0.6 is 12.2 Å². The lowest BCUT2D eigenvalue weighted by Crippen LogP contribution is -2.45. The van der Waals surface area contributed by atoms with Crippen molar-refractivity contribution in [3.05, 3.63) is 48.0 Å². The Labute approximate surface area is 178 Å². The summed E-state index contributed by atoms with van der Waals surface area (Å²) in [6, 6.07) is 14.4. The van der Waals surface area contributed by atoms with Crippen LogP contribution in [0.3, 0.4) is 0 Å². The Morgan fingerprint density at radius 1 is 1.00 bits per heavy atom. The number of ether oxygens (including phenoxy) is 3. The molecule has 0 spiro atoms. The summed E-state index contributed by atoms with van der Waals surface area (Å²) in [6.07, 6.45) is 2.09. The van der Waals surface area contributed by atoms with Gasteiger partial charge in [-0.25, -0.2) is 0 Å². The van der Waals surface area contributed by atoms with Crippen molar-refractivity contribution in [3.63, 3.8) is 0 Å². The number of methoxy groups -OCH3 is 3. The maximum Gasteiger partial charge on any atom is 0.203 e. The van der Waals surface area contributed by atoms with Gasteiger partial charge in [-0.3, -0.25) is 4.90 Å². The predicted molar refractivity (Wildman–Crippen MR) is 120 cm³/mol. The average molecular weight is 416 g/mol. The fourth-order valence-electron chi connectivity index (χ4n) is 3.59. The van der Waals surface area contributed by atoms with E-state index in [1.165, 1.54) is 0 Å². The molecule has 1 aliphatic heterocycles. The normalized spacial score (nSPS) is 14.9. The SMILES string of the molecule is COc1cc(CN2CCC(NC(=S)Nc3ccccc3)CC2)cc(OC)c1OC. The largest absolute Gasteiger partial charge is 0.493 e. The number of nitrogens with one attached hydrogen (secondary N) is 2. The van der Waals surface area contributed by atoms with Crippen molar-refractivity contribution in [1.29, 1.82) is 0 Å². The van der Waals surface area contributed by atoms with Crippen LogP contribution in [0.5, 0.6) is 17.2 Å². The van der Waals surface area contributed by atoms with Crippen LogP contribution in [0.1, 0.15) is 18.4 Å². The molecule has 0 bridgehead atoms. The molecule has 2 aromatic carbocycles. The molecule has 0 amide bonds. The molecule has 3 rings (SSSR count). The van der Waals surface area contributed by atoms with E-state index in [4.69, 9.17) is 26.4 Å². The molecule has 1 saturated heterocycles. The van der Waals surface area contributed by atoms with Crippen molar-refractivity contribution in [2.75, 3.05) is 39.7 Å². The second-order valence-electron chi connectivity index (χ2n) is 7.05. The van der Waals surface area contributed by atoms with Crippen molar-refractivity contribution < 1.29 is 14.2 Å². The van der Waals surface area contributed by atoms with Crippen molar-refractivity contribution in [3.8, 4) is 17.2 Å². The molecule has 0 atom stereocenters. The van der Waals surface area contributed by atoms with Gasteiger partial charge in [-0.1, -0.05) is 18.2 Å². The number of rotatable bonds is 7. The third-order valence-corrected chi connectivity index (χ3v) is 5.31. The van der Waals surface area contributed by atoms with Gasteiger partial charge in [-0.2, -0.15) is 0 Å². The lowest BCUT2D eigenvalue weighted by atomic mass is 10.0. The highest BCUT2D eigenvalue weighted by Gasteiger charge is 2.21. The first kappa shape index (κ1) is 21.2. The molecule has 6 nitrogen and oxygen atoms in total. The van der Waals surface area contributed by atoms with Gasteiger partial charge in [0.05, 0.1) is 21.3 Å². The van der Waals surface area contributed by atoms with Gasteiger partial charge in [0.25, 0.3) is 0 Å². The molecule has 7 heteroatoms. The summed E-state index contributed by atoms with van der Waals surface area (Å²) in [4.78, 5) is 2.44. The number of nitrogens with zero attached hydrogens (tertiary/aromatic N) is 1. The quantitative estimate of drug-likeness (QED) is 0.669. The fourth-order valence-corrected chi connectivity index (χ4v) is 3.88. The molecular weight excluding hydrogens is 386 g/mol. The molecular formula is C22H29N3O3S. The standard InChI is InChI=1S/C22H29N3O3S/c1-26-19-13-16(14-20(27-2)21(19)28-3)15-25-11-9-18(10-12-25)24-22(29)23-17-7-5-4-6-8-17/h4-8,13-14,18H,9-12,15H2,1-3H3,(H2,23,24,29). The van der Waals surface area contributed by atoms with E-state index in [1.54, 1.807) is 21.3 Å². The van der Waals surface area contributed by atoms with Crippen LogP contribution in [0.15, 0.2) is 42.5 Å². The number of para-hydroxylation sites is 1. The summed E-state index contributed by atoms with van der Waals surface area (Å²) in [5, 5.41) is 7.36. The molecule has 0 saturated carbocycles. The molecule has 0 aliphatic carbocycles. The Hall–Kier alpha value is -2.51. The Bertz CT molecular complexity index is 783. The number of anilines is 1. The molecule has 2 N–H and O–H groups in total. The summed E-state index contributed by atoms with van der Waals surface area (Å²) < 4.78 is 16.3. The number of hydrogen-bond donors (Lipinski definition) is 2. The maximum atomic E-state index is 5.46. The van der Waals surface area contributed by atoms with Crippen LogP contribution in [0.4, 0.5) is 5.69 Å². The molecule has 2 aromatic rings. The topological polar surface area (TPSA) is 55.0 Å². The highest BCUT2D eigenvalue weighted by atomic mass is 32.1. The van der Waals surface area contributed by atoms with E-state index >= 15 is 0 Å². The first-order valence-corrected chi connectivity index (χ1v) is 10.2. The molecule has 1 aliphatic rings.